The zero-order valence-electron chi connectivity index (χ0n) is 8.97. The van der Waals surface area contributed by atoms with Gasteiger partial charge in [-0.15, -0.1) is 10.2 Å². The molecule has 2 aliphatic rings. The van der Waals surface area contributed by atoms with E-state index >= 15 is 0 Å². The van der Waals surface area contributed by atoms with Gasteiger partial charge in [-0.25, -0.2) is 0 Å². The molecule has 0 amide bonds. The first-order valence-corrected chi connectivity index (χ1v) is 6.01. The van der Waals surface area contributed by atoms with Crippen molar-refractivity contribution in [1.29, 1.82) is 0 Å². The topological polar surface area (TPSA) is 56.7 Å². The van der Waals surface area contributed by atoms with Gasteiger partial charge in [0.2, 0.25) is 0 Å². The summed E-state index contributed by atoms with van der Waals surface area (Å²) in [6, 6.07) is 0.730. The fourth-order valence-electron chi connectivity index (χ4n) is 2.62. The Morgan fingerprint density at radius 1 is 1.27 bits per heavy atom. The first-order chi connectivity index (χ1) is 7.36. The van der Waals surface area contributed by atoms with E-state index in [0.29, 0.717) is 12.0 Å². The zero-order chi connectivity index (χ0) is 10.3. The fraction of sp³-hybridized carbons (Fsp3) is 0.818. The number of hydrogen-bond acceptors (Lipinski definition) is 3. The van der Waals surface area contributed by atoms with Crippen LogP contribution in [0.5, 0.6) is 0 Å². The van der Waals surface area contributed by atoms with Crippen molar-refractivity contribution in [1.82, 2.24) is 14.8 Å². The summed E-state index contributed by atoms with van der Waals surface area (Å²) in [4.78, 5) is 0. The van der Waals surface area contributed by atoms with Gasteiger partial charge >= 0.3 is 0 Å². The van der Waals surface area contributed by atoms with Crippen molar-refractivity contribution in [3.63, 3.8) is 0 Å². The van der Waals surface area contributed by atoms with Gasteiger partial charge in [-0.2, -0.15) is 0 Å². The Morgan fingerprint density at radius 3 is 2.67 bits per heavy atom. The minimum absolute atomic E-state index is 0.119. The van der Waals surface area contributed by atoms with Gasteiger partial charge in [-0.1, -0.05) is 12.8 Å². The van der Waals surface area contributed by atoms with E-state index in [4.69, 9.17) is 5.73 Å². The minimum atomic E-state index is 0.119. The molecule has 4 heteroatoms. The Labute approximate surface area is 89.9 Å². The number of rotatable bonds is 3. The van der Waals surface area contributed by atoms with Crippen molar-refractivity contribution in [2.45, 2.75) is 50.6 Å². The second-order valence-corrected chi connectivity index (χ2v) is 4.90. The molecule has 1 heterocycles. The molecule has 0 radical (unpaired) electrons. The highest BCUT2D eigenvalue weighted by molar-refractivity contribution is 5.02. The second-order valence-electron chi connectivity index (χ2n) is 4.90. The van der Waals surface area contributed by atoms with Crippen LogP contribution < -0.4 is 5.73 Å². The maximum atomic E-state index is 6.19. The Kier molecular flexibility index (Phi) is 2.24. The van der Waals surface area contributed by atoms with Gasteiger partial charge < -0.3 is 10.3 Å². The summed E-state index contributed by atoms with van der Waals surface area (Å²) < 4.78 is 2.23. The highest BCUT2D eigenvalue weighted by atomic mass is 15.3. The zero-order valence-corrected chi connectivity index (χ0v) is 8.97. The van der Waals surface area contributed by atoms with Gasteiger partial charge in [0.05, 0.1) is 6.04 Å². The maximum absolute atomic E-state index is 6.19. The van der Waals surface area contributed by atoms with E-state index in [-0.39, 0.29) is 6.04 Å². The lowest BCUT2D eigenvalue weighted by Crippen LogP contribution is -2.20. The monoisotopic (exact) mass is 206 g/mol. The Bertz CT molecular complexity index is 320. The summed E-state index contributed by atoms with van der Waals surface area (Å²) in [7, 11) is 0. The molecule has 4 nitrogen and oxygen atoms in total. The summed E-state index contributed by atoms with van der Waals surface area (Å²) in [5.74, 6) is 1.68. The molecule has 0 aliphatic heterocycles. The lowest BCUT2D eigenvalue weighted by atomic mass is 10.1. The number of nitrogens with two attached hydrogens (primary N) is 1. The molecular weight excluding hydrogens is 188 g/mol. The van der Waals surface area contributed by atoms with Crippen molar-refractivity contribution in [3.8, 4) is 0 Å². The van der Waals surface area contributed by atoms with Crippen molar-refractivity contribution in [2.24, 2.45) is 11.7 Å². The molecule has 0 saturated heterocycles. The molecule has 0 bridgehead atoms. The van der Waals surface area contributed by atoms with Crippen LogP contribution in [0.15, 0.2) is 6.33 Å². The predicted molar refractivity (Wildman–Crippen MR) is 57.2 cm³/mol. The van der Waals surface area contributed by atoms with Gasteiger partial charge in [-0.3, -0.25) is 0 Å². The van der Waals surface area contributed by atoms with Gasteiger partial charge in [0, 0.05) is 6.04 Å². The molecule has 2 N–H and O–H groups in total. The lowest BCUT2D eigenvalue weighted by molar-refractivity contribution is 0.461. The van der Waals surface area contributed by atoms with Crippen LogP contribution in [0.4, 0.5) is 0 Å². The van der Waals surface area contributed by atoms with Crippen LogP contribution in [0.25, 0.3) is 0 Å². The van der Waals surface area contributed by atoms with Crippen molar-refractivity contribution >= 4 is 0 Å². The molecule has 2 fully saturated rings. The summed E-state index contributed by atoms with van der Waals surface area (Å²) in [6.45, 7) is 0. The third-order valence-corrected chi connectivity index (χ3v) is 3.75. The first kappa shape index (κ1) is 9.33. The smallest absolute Gasteiger partial charge is 0.150 e. The van der Waals surface area contributed by atoms with Crippen molar-refractivity contribution in [3.05, 3.63) is 12.2 Å². The molecule has 15 heavy (non-hydrogen) atoms. The summed E-state index contributed by atoms with van der Waals surface area (Å²) in [5.41, 5.74) is 6.19. The van der Waals surface area contributed by atoms with E-state index in [9.17, 15) is 0 Å². The number of nitrogens with zero attached hydrogens (tertiary/aromatic N) is 3. The molecule has 2 saturated carbocycles. The Balaban J connectivity index is 1.84. The van der Waals surface area contributed by atoms with Crippen LogP contribution in [-0.4, -0.2) is 14.8 Å². The molecule has 1 aromatic rings. The summed E-state index contributed by atoms with van der Waals surface area (Å²) in [6.07, 6.45) is 9.59. The Morgan fingerprint density at radius 2 is 2.00 bits per heavy atom. The highest BCUT2D eigenvalue weighted by Crippen LogP contribution is 2.40. The van der Waals surface area contributed by atoms with Gasteiger partial charge in [0.1, 0.15) is 12.2 Å². The fourth-order valence-corrected chi connectivity index (χ4v) is 2.62. The lowest BCUT2D eigenvalue weighted by Gasteiger charge is -2.17. The van der Waals surface area contributed by atoms with Crippen LogP contribution in [0.3, 0.4) is 0 Å². The third-order valence-electron chi connectivity index (χ3n) is 3.75. The molecule has 0 spiro atoms. The third kappa shape index (κ3) is 1.67. The average molecular weight is 206 g/mol. The molecule has 82 valence electrons. The Hall–Kier alpha value is -0.900. The summed E-state index contributed by atoms with van der Waals surface area (Å²) >= 11 is 0. The van der Waals surface area contributed by atoms with Crippen LogP contribution >= 0.6 is 0 Å². The van der Waals surface area contributed by atoms with Crippen LogP contribution in [-0.2, 0) is 0 Å². The highest BCUT2D eigenvalue weighted by Gasteiger charge is 2.33. The maximum Gasteiger partial charge on any atom is 0.150 e. The van der Waals surface area contributed by atoms with E-state index in [0.717, 1.165) is 5.82 Å². The standard InChI is InChI=1S/C11H18N4/c12-10(8-5-6-8)11-14-13-7-15(11)9-3-1-2-4-9/h7-10H,1-6,12H2. The number of aromatic nitrogens is 3. The molecule has 0 aromatic carbocycles. The van der Waals surface area contributed by atoms with E-state index in [1.165, 1.54) is 38.5 Å². The normalized spacial score (nSPS) is 24.6. The van der Waals surface area contributed by atoms with E-state index in [1.807, 2.05) is 6.33 Å². The molecular formula is C11H18N4. The summed E-state index contributed by atoms with van der Waals surface area (Å²) in [5, 5.41) is 8.24. The van der Waals surface area contributed by atoms with E-state index in [2.05, 4.69) is 14.8 Å². The van der Waals surface area contributed by atoms with E-state index < -0.39 is 0 Å². The molecule has 3 rings (SSSR count). The number of hydrogen-bond donors (Lipinski definition) is 1. The van der Waals surface area contributed by atoms with Crippen LogP contribution in [0.2, 0.25) is 0 Å². The van der Waals surface area contributed by atoms with Crippen molar-refractivity contribution < 1.29 is 0 Å². The minimum Gasteiger partial charge on any atom is -0.321 e. The van der Waals surface area contributed by atoms with Gasteiger partial charge in [0.25, 0.3) is 0 Å². The average Bonchev–Trinajstić information content (AvgIpc) is 2.80. The predicted octanol–water partition coefficient (Wildman–Crippen LogP) is 1.80. The van der Waals surface area contributed by atoms with Gasteiger partial charge in [-0.05, 0) is 31.6 Å². The molecule has 1 aromatic heterocycles. The van der Waals surface area contributed by atoms with Crippen LogP contribution in [0.1, 0.15) is 56.4 Å². The molecule has 2 aliphatic carbocycles. The largest absolute Gasteiger partial charge is 0.321 e. The first-order valence-electron chi connectivity index (χ1n) is 6.01. The quantitative estimate of drug-likeness (QED) is 0.820. The van der Waals surface area contributed by atoms with Crippen LogP contribution in [0, 0.1) is 5.92 Å². The van der Waals surface area contributed by atoms with Crippen molar-refractivity contribution in [2.75, 3.05) is 0 Å². The van der Waals surface area contributed by atoms with E-state index in [1.54, 1.807) is 0 Å². The van der Waals surface area contributed by atoms with Gasteiger partial charge in [0.15, 0.2) is 0 Å². The molecule has 1 unspecified atom stereocenters. The second kappa shape index (κ2) is 3.59. The molecule has 1 atom stereocenters. The SMILES string of the molecule is NC(c1nncn1C1CCCC1)C1CC1.